The smallest absolute Gasteiger partial charge is 0.416 e. The summed E-state index contributed by atoms with van der Waals surface area (Å²) < 4.78 is 60.7. The topological polar surface area (TPSA) is 86.3 Å². The Bertz CT molecular complexity index is 1150. The Hall–Kier alpha value is -3.73. The number of urea groups is 1. The highest BCUT2D eigenvalue weighted by molar-refractivity contribution is 6.03. The third kappa shape index (κ3) is 4.51. The van der Waals surface area contributed by atoms with Crippen LogP contribution in [0.2, 0.25) is 0 Å². The molecule has 2 heterocycles. The molecule has 2 aromatic carbocycles. The molecule has 8 nitrogen and oxygen atoms in total. The van der Waals surface area contributed by atoms with Crippen LogP contribution in [-0.2, 0) is 20.4 Å². The lowest BCUT2D eigenvalue weighted by atomic mass is 9.93. The molecule has 0 fully saturated rings. The van der Waals surface area contributed by atoms with Crippen LogP contribution in [0.4, 0.5) is 23.7 Å². The van der Waals surface area contributed by atoms with Gasteiger partial charge in [0.25, 0.3) is 0 Å². The molecule has 2 aromatic rings. The zero-order chi connectivity index (χ0) is 24.5. The number of nitrogens with one attached hydrogen (secondary N) is 1. The Kier molecular flexibility index (Phi) is 6.38. The second kappa shape index (κ2) is 9.26. The van der Waals surface area contributed by atoms with Crippen molar-refractivity contribution in [1.82, 2.24) is 5.32 Å². The number of allylic oxidation sites excluding steroid dienone is 1. The number of amides is 2. The van der Waals surface area contributed by atoms with E-state index < -0.39 is 29.8 Å². The SMILES string of the molecule is COCCOC(=O)C1=C(C)N(c2ccc3c(c2)OCO3)C(=O)N[C@@H]1c1cccc(C(F)(F)F)c1. The van der Waals surface area contributed by atoms with Crippen molar-refractivity contribution in [2.24, 2.45) is 0 Å². The van der Waals surface area contributed by atoms with Gasteiger partial charge in [-0.25, -0.2) is 9.59 Å². The highest BCUT2D eigenvalue weighted by Crippen LogP contribution is 2.40. The molecule has 0 saturated heterocycles. The molecule has 0 unspecified atom stereocenters. The Morgan fingerprint density at radius 2 is 1.91 bits per heavy atom. The highest BCUT2D eigenvalue weighted by atomic mass is 19.4. The van der Waals surface area contributed by atoms with Crippen molar-refractivity contribution in [3.05, 3.63) is 64.9 Å². The predicted octanol–water partition coefficient (Wildman–Crippen LogP) is 4.17. The van der Waals surface area contributed by atoms with Crippen LogP contribution in [0, 0.1) is 0 Å². The molecular weight excluding hydrogens is 457 g/mol. The molecule has 2 amide bonds. The van der Waals surface area contributed by atoms with Crippen molar-refractivity contribution in [3.8, 4) is 11.5 Å². The number of alkyl halides is 3. The molecule has 0 radical (unpaired) electrons. The number of ether oxygens (including phenoxy) is 4. The van der Waals surface area contributed by atoms with Crippen LogP contribution in [0.25, 0.3) is 0 Å². The zero-order valence-electron chi connectivity index (χ0n) is 18.3. The van der Waals surface area contributed by atoms with Crippen LogP contribution in [0.3, 0.4) is 0 Å². The maximum atomic E-state index is 13.3. The molecule has 2 aliphatic heterocycles. The Labute approximate surface area is 192 Å². The van der Waals surface area contributed by atoms with Gasteiger partial charge in [0.2, 0.25) is 6.79 Å². The average molecular weight is 478 g/mol. The van der Waals surface area contributed by atoms with Gasteiger partial charge in [-0.1, -0.05) is 12.1 Å². The van der Waals surface area contributed by atoms with Crippen LogP contribution in [0.15, 0.2) is 53.7 Å². The summed E-state index contributed by atoms with van der Waals surface area (Å²) in [5.41, 5.74) is -0.238. The molecule has 0 saturated carbocycles. The van der Waals surface area contributed by atoms with Crippen LogP contribution in [0.1, 0.15) is 24.1 Å². The van der Waals surface area contributed by atoms with E-state index in [4.69, 9.17) is 18.9 Å². The number of carbonyl (C=O) groups is 2. The number of rotatable bonds is 6. The van der Waals surface area contributed by atoms with E-state index in [9.17, 15) is 22.8 Å². The summed E-state index contributed by atoms with van der Waals surface area (Å²) in [5.74, 6) is 0.133. The van der Waals surface area contributed by atoms with Crippen molar-refractivity contribution in [1.29, 1.82) is 0 Å². The normalized spacial score (nSPS) is 17.6. The standard InChI is InChI=1S/C23H21F3N2O6/c1-13-19(21(29)32-9-8-31-2)20(14-4-3-5-15(10-14)23(24,25)26)27-22(30)28(13)16-6-7-17-18(11-16)34-12-33-17/h3-7,10-11,20H,8-9,12H2,1-2H3,(H,27,30)/t20-/m1/s1. The number of carbonyl (C=O) groups excluding carboxylic acids is 2. The summed E-state index contributed by atoms with van der Waals surface area (Å²) in [7, 11) is 1.44. The molecule has 11 heteroatoms. The summed E-state index contributed by atoms with van der Waals surface area (Å²) in [5, 5.41) is 2.64. The first-order valence-corrected chi connectivity index (χ1v) is 10.2. The van der Waals surface area contributed by atoms with Crippen LogP contribution in [0.5, 0.6) is 11.5 Å². The molecule has 0 aliphatic carbocycles. The van der Waals surface area contributed by atoms with Crippen molar-refractivity contribution in [3.63, 3.8) is 0 Å². The van der Waals surface area contributed by atoms with Gasteiger partial charge < -0.3 is 24.3 Å². The fourth-order valence-electron chi connectivity index (χ4n) is 3.78. The summed E-state index contributed by atoms with van der Waals surface area (Å²) in [6, 6.07) is 7.45. The molecule has 34 heavy (non-hydrogen) atoms. The van der Waals surface area contributed by atoms with E-state index in [2.05, 4.69) is 5.32 Å². The van der Waals surface area contributed by atoms with E-state index in [1.165, 1.54) is 31.1 Å². The van der Waals surface area contributed by atoms with E-state index in [0.717, 1.165) is 12.1 Å². The van der Waals surface area contributed by atoms with Gasteiger partial charge in [-0.05, 0) is 36.8 Å². The lowest BCUT2D eigenvalue weighted by Crippen LogP contribution is -2.48. The van der Waals surface area contributed by atoms with Crippen molar-refractivity contribution in [2.45, 2.75) is 19.1 Å². The quantitative estimate of drug-likeness (QED) is 0.496. The largest absolute Gasteiger partial charge is 0.460 e. The summed E-state index contributed by atoms with van der Waals surface area (Å²) in [6.45, 7) is 1.62. The Balaban J connectivity index is 1.78. The van der Waals surface area contributed by atoms with Gasteiger partial charge >= 0.3 is 18.2 Å². The minimum atomic E-state index is -4.59. The molecule has 0 bridgehead atoms. The zero-order valence-corrected chi connectivity index (χ0v) is 18.3. The highest BCUT2D eigenvalue weighted by Gasteiger charge is 2.39. The molecule has 4 rings (SSSR count). The number of fused-ring (bicyclic) bond motifs is 1. The molecule has 180 valence electrons. The number of hydrogen-bond donors (Lipinski definition) is 1. The lowest BCUT2D eigenvalue weighted by Gasteiger charge is -2.35. The molecule has 2 aliphatic rings. The van der Waals surface area contributed by atoms with Crippen molar-refractivity contribution >= 4 is 17.7 Å². The van der Waals surface area contributed by atoms with Gasteiger partial charge in [-0.2, -0.15) is 13.2 Å². The first kappa shape index (κ1) is 23.4. The number of methoxy groups -OCH3 is 1. The summed E-state index contributed by atoms with van der Waals surface area (Å²) in [6.07, 6.45) is -4.59. The number of hydrogen-bond acceptors (Lipinski definition) is 6. The van der Waals surface area contributed by atoms with Gasteiger partial charge in [-0.15, -0.1) is 0 Å². The number of anilines is 1. The third-order valence-corrected chi connectivity index (χ3v) is 5.39. The molecule has 0 aromatic heterocycles. The van der Waals surface area contributed by atoms with Crippen LogP contribution < -0.4 is 19.7 Å². The van der Waals surface area contributed by atoms with E-state index in [1.54, 1.807) is 18.2 Å². The average Bonchev–Trinajstić information content (AvgIpc) is 3.26. The minimum Gasteiger partial charge on any atom is -0.460 e. The van der Waals surface area contributed by atoms with Crippen molar-refractivity contribution in [2.75, 3.05) is 32.0 Å². The fourth-order valence-corrected chi connectivity index (χ4v) is 3.78. The molecule has 1 atom stereocenters. The van der Waals surface area contributed by atoms with E-state index in [1.807, 2.05) is 0 Å². The lowest BCUT2D eigenvalue weighted by molar-refractivity contribution is -0.140. The number of halogens is 3. The minimum absolute atomic E-state index is 0.00676. The first-order valence-electron chi connectivity index (χ1n) is 10.2. The van der Waals surface area contributed by atoms with E-state index in [-0.39, 0.29) is 36.8 Å². The van der Waals surface area contributed by atoms with Gasteiger partial charge in [0, 0.05) is 18.9 Å². The number of esters is 1. The monoisotopic (exact) mass is 478 g/mol. The first-order chi connectivity index (χ1) is 16.2. The van der Waals surface area contributed by atoms with Gasteiger partial charge in [-0.3, -0.25) is 4.90 Å². The number of nitrogens with zero attached hydrogens (tertiary/aromatic N) is 1. The van der Waals surface area contributed by atoms with Crippen molar-refractivity contribution < 1.29 is 41.7 Å². The molecule has 0 spiro atoms. The van der Waals surface area contributed by atoms with Gasteiger partial charge in [0.05, 0.1) is 29.5 Å². The Morgan fingerprint density at radius 3 is 2.65 bits per heavy atom. The van der Waals surface area contributed by atoms with E-state index >= 15 is 0 Å². The van der Waals surface area contributed by atoms with Crippen LogP contribution in [-0.4, -0.2) is 39.1 Å². The second-order valence-electron chi connectivity index (χ2n) is 7.51. The summed E-state index contributed by atoms with van der Waals surface area (Å²) in [4.78, 5) is 27.4. The van der Waals surface area contributed by atoms with Gasteiger partial charge in [0.15, 0.2) is 11.5 Å². The fraction of sp³-hybridized carbons (Fsp3) is 0.304. The second-order valence-corrected chi connectivity index (χ2v) is 7.51. The molecule has 1 N–H and O–H groups in total. The van der Waals surface area contributed by atoms with Gasteiger partial charge in [0.1, 0.15) is 6.61 Å². The number of benzene rings is 2. The maximum Gasteiger partial charge on any atom is 0.416 e. The predicted molar refractivity (Wildman–Crippen MR) is 113 cm³/mol. The Morgan fingerprint density at radius 1 is 1.15 bits per heavy atom. The van der Waals surface area contributed by atoms with E-state index in [0.29, 0.717) is 17.2 Å². The third-order valence-electron chi connectivity index (χ3n) is 5.39. The van der Waals surface area contributed by atoms with Crippen LogP contribution >= 0.6 is 0 Å². The molecular formula is C23H21F3N2O6. The maximum absolute atomic E-state index is 13.3. The summed E-state index contributed by atoms with van der Waals surface area (Å²) >= 11 is 0.